The van der Waals surface area contributed by atoms with E-state index in [0.717, 1.165) is 15.8 Å². The van der Waals surface area contributed by atoms with Crippen molar-refractivity contribution in [2.75, 3.05) is 11.9 Å². The minimum Gasteiger partial charge on any atom is -0.344 e. The third-order valence-electron chi connectivity index (χ3n) is 2.82. The number of nitrogens with zero attached hydrogens (tertiary/aromatic N) is 3. The Morgan fingerprint density at radius 3 is 2.05 bits per heavy atom. The van der Waals surface area contributed by atoms with Crippen molar-refractivity contribution in [3.8, 4) is 12.1 Å². The van der Waals surface area contributed by atoms with Gasteiger partial charge >= 0.3 is 0 Å². The van der Waals surface area contributed by atoms with Crippen LogP contribution in [0.2, 0.25) is 0 Å². The molecule has 0 N–H and O–H groups in total. The van der Waals surface area contributed by atoms with Gasteiger partial charge in [-0.1, -0.05) is 0 Å². The molecule has 3 nitrogen and oxygen atoms in total. The van der Waals surface area contributed by atoms with E-state index in [1.165, 1.54) is 0 Å². The van der Waals surface area contributed by atoms with Gasteiger partial charge in [-0.2, -0.15) is 10.5 Å². The van der Waals surface area contributed by atoms with Gasteiger partial charge in [0.05, 0.1) is 29.0 Å². The topological polar surface area (TPSA) is 50.8 Å². The maximum absolute atomic E-state index is 8.85. The predicted octanol–water partition coefficient (Wildman–Crippen LogP) is 3.96. The summed E-state index contributed by atoms with van der Waals surface area (Å²) in [5, 5.41) is 17.6. The summed E-state index contributed by atoms with van der Waals surface area (Å²) in [5.41, 5.74) is 3.19. The van der Waals surface area contributed by atoms with Crippen LogP contribution in [-0.4, -0.2) is 7.05 Å². The van der Waals surface area contributed by atoms with Gasteiger partial charge in [0.1, 0.15) is 0 Å². The SMILES string of the molecule is CN(c1ccc(C#N)cc1)c1ccc(C#N)cc1Br. The number of hydrogen-bond acceptors (Lipinski definition) is 3. The van der Waals surface area contributed by atoms with Crippen LogP contribution in [0, 0.1) is 22.7 Å². The van der Waals surface area contributed by atoms with Crippen molar-refractivity contribution >= 4 is 27.3 Å². The van der Waals surface area contributed by atoms with Crippen LogP contribution in [0.5, 0.6) is 0 Å². The first-order valence-electron chi connectivity index (χ1n) is 5.59. The Morgan fingerprint density at radius 1 is 0.947 bits per heavy atom. The zero-order valence-corrected chi connectivity index (χ0v) is 11.8. The first-order chi connectivity index (χ1) is 9.15. The first-order valence-corrected chi connectivity index (χ1v) is 6.38. The van der Waals surface area contributed by atoms with E-state index in [4.69, 9.17) is 10.5 Å². The minimum absolute atomic E-state index is 0.615. The van der Waals surface area contributed by atoms with Gasteiger partial charge in [-0.3, -0.25) is 0 Å². The van der Waals surface area contributed by atoms with Crippen LogP contribution in [0.1, 0.15) is 11.1 Å². The fourth-order valence-corrected chi connectivity index (χ4v) is 2.39. The Kier molecular flexibility index (Phi) is 3.85. The quantitative estimate of drug-likeness (QED) is 0.843. The van der Waals surface area contributed by atoms with Gasteiger partial charge in [0.2, 0.25) is 0 Å². The number of halogens is 1. The van der Waals surface area contributed by atoms with Gasteiger partial charge in [0, 0.05) is 17.2 Å². The van der Waals surface area contributed by atoms with Gasteiger partial charge in [-0.25, -0.2) is 0 Å². The minimum atomic E-state index is 0.615. The van der Waals surface area contributed by atoms with Crippen molar-refractivity contribution in [2.24, 2.45) is 0 Å². The molecule has 2 aromatic carbocycles. The van der Waals surface area contributed by atoms with E-state index in [2.05, 4.69) is 28.1 Å². The van der Waals surface area contributed by atoms with Gasteiger partial charge in [-0.15, -0.1) is 0 Å². The maximum atomic E-state index is 8.85. The predicted molar refractivity (Wildman–Crippen MR) is 78.1 cm³/mol. The van der Waals surface area contributed by atoms with Gasteiger partial charge in [0.25, 0.3) is 0 Å². The van der Waals surface area contributed by atoms with E-state index < -0.39 is 0 Å². The highest BCUT2D eigenvalue weighted by atomic mass is 79.9. The molecule has 0 spiro atoms. The Balaban J connectivity index is 2.36. The molecule has 0 aliphatic carbocycles. The number of rotatable bonds is 2. The molecule has 0 radical (unpaired) electrons. The summed E-state index contributed by atoms with van der Waals surface area (Å²) in [5.74, 6) is 0. The van der Waals surface area contributed by atoms with Crippen LogP contribution in [-0.2, 0) is 0 Å². The number of hydrogen-bond donors (Lipinski definition) is 0. The van der Waals surface area contributed by atoms with Crippen LogP contribution in [0.3, 0.4) is 0 Å². The van der Waals surface area contributed by atoms with Crippen molar-refractivity contribution in [2.45, 2.75) is 0 Å². The van der Waals surface area contributed by atoms with Crippen LogP contribution in [0.4, 0.5) is 11.4 Å². The number of anilines is 2. The van der Waals surface area contributed by atoms with E-state index in [9.17, 15) is 0 Å². The number of benzene rings is 2. The highest BCUT2D eigenvalue weighted by molar-refractivity contribution is 9.10. The lowest BCUT2D eigenvalue weighted by atomic mass is 10.2. The monoisotopic (exact) mass is 311 g/mol. The van der Waals surface area contributed by atoms with E-state index in [0.29, 0.717) is 11.1 Å². The third kappa shape index (κ3) is 2.76. The lowest BCUT2D eigenvalue weighted by Crippen LogP contribution is -2.10. The molecule has 0 saturated carbocycles. The Hall–Kier alpha value is -2.30. The molecule has 2 rings (SSSR count). The summed E-state index contributed by atoms with van der Waals surface area (Å²) in [6.45, 7) is 0. The highest BCUT2D eigenvalue weighted by Crippen LogP contribution is 2.31. The van der Waals surface area contributed by atoms with Crippen molar-refractivity contribution in [3.63, 3.8) is 0 Å². The maximum Gasteiger partial charge on any atom is 0.0992 e. The zero-order valence-electron chi connectivity index (χ0n) is 10.3. The molecule has 0 bridgehead atoms. The standard InChI is InChI=1S/C15H10BrN3/c1-19(13-5-2-11(9-17)3-6-13)15-7-4-12(10-18)8-14(15)16/h2-8H,1H3. The molecule has 0 unspecified atom stereocenters. The van der Waals surface area contributed by atoms with Crippen LogP contribution >= 0.6 is 15.9 Å². The normalized spacial score (nSPS) is 9.47. The molecular formula is C15H10BrN3. The second-order valence-electron chi connectivity index (χ2n) is 4.00. The Morgan fingerprint density at radius 2 is 1.53 bits per heavy atom. The number of nitriles is 2. The van der Waals surface area contributed by atoms with Crippen LogP contribution < -0.4 is 4.90 Å². The Labute approximate surface area is 120 Å². The zero-order chi connectivity index (χ0) is 13.8. The third-order valence-corrected chi connectivity index (χ3v) is 3.46. The fourth-order valence-electron chi connectivity index (χ4n) is 1.75. The van der Waals surface area contributed by atoms with Gasteiger partial charge in [-0.05, 0) is 58.4 Å². The largest absolute Gasteiger partial charge is 0.344 e. The Bertz CT molecular complexity index is 678. The summed E-state index contributed by atoms with van der Waals surface area (Å²) in [6.07, 6.45) is 0. The van der Waals surface area contributed by atoms with Crippen LogP contribution in [0.15, 0.2) is 46.9 Å². The second kappa shape index (κ2) is 5.56. The molecule has 0 atom stereocenters. The smallest absolute Gasteiger partial charge is 0.0992 e. The molecule has 0 aliphatic rings. The summed E-state index contributed by atoms with van der Waals surface area (Å²) >= 11 is 3.47. The first kappa shape index (κ1) is 13.1. The lowest BCUT2D eigenvalue weighted by molar-refractivity contribution is 1.20. The molecule has 92 valence electrons. The average molecular weight is 312 g/mol. The van der Waals surface area contributed by atoms with Crippen molar-refractivity contribution in [3.05, 3.63) is 58.1 Å². The van der Waals surface area contributed by atoms with Crippen molar-refractivity contribution in [1.29, 1.82) is 10.5 Å². The van der Waals surface area contributed by atoms with E-state index in [1.807, 2.05) is 30.1 Å². The molecule has 0 fully saturated rings. The molecule has 0 saturated heterocycles. The van der Waals surface area contributed by atoms with E-state index in [1.54, 1.807) is 24.3 Å². The van der Waals surface area contributed by atoms with E-state index in [-0.39, 0.29) is 0 Å². The van der Waals surface area contributed by atoms with Gasteiger partial charge in [0.15, 0.2) is 0 Å². The second-order valence-corrected chi connectivity index (χ2v) is 4.85. The summed E-state index contributed by atoms with van der Waals surface area (Å²) in [7, 11) is 1.94. The van der Waals surface area contributed by atoms with Crippen molar-refractivity contribution in [1.82, 2.24) is 0 Å². The van der Waals surface area contributed by atoms with Crippen molar-refractivity contribution < 1.29 is 0 Å². The molecule has 19 heavy (non-hydrogen) atoms. The molecule has 0 heterocycles. The molecule has 2 aromatic rings. The summed E-state index contributed by atoms with van der Waals surface area (Å²) in [4.78, 5) is 1.99. The highest BCUT2D eigenvalue weighted by Gasteiger charge is 2.08. The molecule has 0 amide bonds. The summed E-state index contributed by atoms with van der Waals surface area (Å²) < 4.78 is 0.860. The fraction of sp³-hybridized carbons (Fsp3) is 0.0667. The van der Waals surface area contributed by atoms with E-state index >= 15 is 0 Å². The lowest BCUT2D eigenvalue weighted by Gasteiger charge is -2.21. The molecular weight excluding hydrogens is 302 g/mol. The van der Waals surface area contributed by atoms with Gasteiger partial charge < -0.3 is 4.90 Å². The molecule has 4 heteroatoms. The van der Waals surface area contributed by atoms with Crippen LogP contribution in [0.25, 0.3) is 0 Å². The summed E-state index contributed by atoms with van der Waals surface area (Å²) in [6, 6.07) is 17.0. The molecule has 0 aliphatic heterocycles. The molecule has 0 aromatic heterocycles. The average Bonchev–Trinajstić information content (AvgIpc) is 2.46.